The summed E-state index contributed by atoms with van der Waals surface area (Å²) >= 11 is 0. The maximum atomic E-state index is 13.0. The highest BCUT2D eigenvalue weighted by atomic mass is 16.2. The molecule has 0 spiro atoms. The van der Waals surface area contributed by atoms with Crippen LogP contribution in [0.4, 0.5) is 0 Å². The molecule has 0 N–H and O–H groups in total. The minimum absolute atomic E-state index is 0.0689. The van der Waals surface area contributed by atoms with Gasteiger partial charge in [-0.25, -0.2) is 4.68 Å². The van der Waals surface area contributed by atoms with E-state index in [1.54, 1.807) is 10.9 Å². The topological polar surface area (TPSA) is 68.8 Å². The summed E-state index contributed by atoms with van der Waals surface area (Å²) in [6, 6.07) is 7.72. The van der Waals surface area contributed by atoms with Crippen LogP contribution in [-0.4, -0.2) is 48.2 Å². The van der Waals surface area contributed by atoms with E-state index in [-0.39, 0.29) is 11.9 Å². The Morgan fingerprint density at radius 1 is 1.33 bits per heavy atom. The zero-order chi connectivity index (χ0) is 16.5. The Labute approximate surface area is 139 Å². The van der Waals surface area contributed by atoms with Crippen LogP contribution in [-0.2, 0) is 13.6 Å². The summed E-state index contributed by atoms with van der Waals surface area (Å²) in [7, 11) is 1.85. The molecule has 7 heteroatoms. The average Bonchev–Trinajstić information content (AvgIpc) is 3.25. The average molecular weight is 324 g/mol. The summed E-state index contributed by atoms with van der Waals surface area (Å²) in [5, 5.41) is 12.4. The Bertz CT molecular complexity index is 853. The molecular weight excluding hydrogens is 304 g/mol. The third-order valence-corrected chi connectivity index (χ3v) is 4.70. The van der Waals surface area contributed by atoms with Crippen molar-refractivity contribution in [3.63, 3.8) is 0 Å². The molecule has 24 heavy (non-hydrogen) atoms. The molecular formula is C17H20N6O. The van der Waals surface area contributed by atoms with Gasteiger partial charge in [-0.3, -0.25) is 9.48 Å². The largest absolute Gasteiger partial charge is 0.334 e. The molecule has 1 atom stereocenters. The molecule has 0 radical (unpaired) electrons. The Morgan fingerprint density at radius 2 is 2.25 bits per heavy atom. The summed E-state index contributed by atoms with van der Waals surface area (Å²) in [5.74, 6) is 0.0689. The van der Waals surface area contributed by atoms with Gasteiger partial charge in [-0.15, -0.1) is 5.10 Å². The molecule has 1 fully saturated rings. The number of rotatable bonds is 3. The Kier molecular flexibility index (Phi) is 3.76. The number of carbonyl (C=O) groups is 1. The van der Waals surface area contributed by atoms with Gasteiger partial charge in [0.15, 0.2) is 0 Å². The summed E-state index contributed by atoms with van der Waals surface area (Å²) < 4.78 is 3.62. The lowest BCUT2D eigenvalue weighted by atomic mass is 10.0. The first-order chi connectivity index (χ1) is 11.7. The van der Waals surface area contributed by atoms with Gasteiger partial charge >= 0.3 is 0 Å². The molecule has 124 valence electrons. The van der Waals surface area contributed by atoms with Crippen LogP contribution in [0.5, 0.6) is 0 Å². The van der Waals surface area contributed by atoms with Crippen molar-refractivity contribution >= 4 is 16.9 Å². The molecule has 0 aliphatic carbocycles. The lowest BCUT2D eigenvalue weighted by molar-refractivity contribution is 0.0584. The van der Waals surface area contributed by atoms with Crippen LogP contribution < -0.4 is 0 Å². The molecule has 4 rings (SSSR count). The molecule has 1 aliphatic heterocycles. The van der Waals surface area contributed by atoms with Crippen molar-refractivity contribution in [3.8, 4) is 0 Å². The summed E-state index contributed by atoms with van der Waals surface area (Å²) in [4.78, 5) is 15.0. The van der Waals surface area contributed by atoms with E-state index in [0.717, 1.165) is 43.4 Å². The standard InChI is InChI=1S/C17H20N6O/c1-21-16-7-6-13(11-15(16)19-20-21)17(24)23-10-3-2-5-14(23)12-22-9-4-8-18-22/h4,6-9,11,14H,2-3,5,10,12H2,1H3. The number of piperidine rings is 1. The highest BCUT2D eigenvalue weighted by Gasteiger charge is 2.28. The molecule has 1 aliphatic rings. The smallest absolute Gasteiger partial charge is 0.254 e. The molecule has 2 aromatic heterocycles. The Morgan fingerprint density at radius 3 is 3.08 bits per heavy atom. The Hall–Kier alpha value is -2.70. The van der Waals surface area contributed by atoms with E-state index in [1.165, 1.54) is 0 Å². The first-order valence-corrected chi connectivity index (χ1v) is 8.30. The predicted octanol–water partition coefficient (Wildman–Crippen LogP) is 1.86. The molecule has 1 saturated heterocycles. The third kappa shape index (κ3) is 2.66. The molecule has 1 unspecified atom stereocenters. The number of aryl methyl sites for hydroxylation is 1. The fourth-order valence-electron chi connectivity index (χ4n) is 3.42. The maximum Gasteiger partial charge on any atom is 0.254 e. The first kappa shape index (κ1) is 14.9. The van der Waals surface area contributed by atoms with Crippen LogP contribution in [0.2, 0.25) is 0 Å². The van der Waals surface area contributed by atoms with Gasteiger partial charge in [0, 0.05) is 31.5 Å². The van der Waals surface area contributed by atoms with E-state index in [1.807, 2.05) is 47.1 Å². The summed E-state index contributed by atoms with van der Waals surface area (Å²) in [6.07, 6.45) is 6.94. The van der Waals surface area contributed by atoms with Crippen LogP contribution in [0, 0.1) is 0 Å². The van der Waals surface area contributed by atoms with E-state index in [9.17, 15) is 4.79 Å². The van der Waals surface area contributed by atoms with Crippen molar-refractivity contribution < 1.29 is 4.79 Å². The molecule has 0 bridgehead atoms. The number of carbonyl (C=O) groups excluding carboxylic acids is 1. The van der Waals surface area contributed by atoms with Gasteiger partial charge in [-0.05, 0) is 43.5 Å². The number of hydrogen-bond acceptors (Lipinski definition) is 4. The number of benzene rings is 1. The van der Waals surface area contributed by atoms with Gasteiger partial charge in [0.25, 0.3) is 5.91 Å². The maximum absolute atomic E-state index is 13.0. The second kappa shape index (κ2) is 6.07. The van der Waals surface area contributed by atoms with Crippen LogP contribution in [0.1, 0.15) is 29.6 Å². The zero-order valence-corrected chi connectivity index (χ0v) is 13.7. The summed E-state index contributed by atoms with van der Waals surface area (Å²) in [6.45, 7) is 1.54. The molecule has 1 aromatic carbocycles. The van der Waals surface area contributed by atoms with Crippen LogP contribution in [0.15, 0.2) is 36.7 Å². The lowest BCUT2D eigenvalue weighted by Crippen LogP contribution is -2.45. The number of likely N-dealkylation sites (tertiary alicyclic amines) is 1. The van der Waals surface area contributed by atoms with Gasteiger partial charge in [0.1, 0.15) is 5.52 Å². The minimum atomic E-state index is 0.0689. The van der Waals surface area contributed by atoms with Crippen molar-refractivity contribution in [2.24, 2.45) is 7.05 Å². The van der Waals surface area contributed by atoms with Gasteiger partial charge in [-0.2, -0.15) is 5.10 Å². The van der Waals surface area contributed by atoms with Crippen molar-refractivity contribution in [2.45, 2.75) is 31.8 Å². The van der Waals surface area contributed by atoms with Crippen molar-refractivity contribution in [3.05, 3.63) is 42.2 Å². The van der Waals surface area contributed by atoms with Gasteiger partial charge in [0.05, 0.1) is 18.1 Å². The van der Waals surface area contributed by atoms with E-state index >= 15 is 0 Å². The number of nitrogens with zero attached hydrogens (tertiary/aromatic N) is 6. The van der Waals surface area contributed by atoms with Crippen LogP contribution >= 0.6 is 0 Å². The second-order valence-electron chi connectivity index (χ2n) is 6.29. The van der Waals surface area contributed by atoms with E-state index < -0.39 is 0 Å². The van der Waals surface area contributed by atoms with Crippen molar-refractivity contribution in [2.75, 3.05) is 6.54 Å². The molecule has 7 nitrogen and oxygen atoms in total. The third-order valence-electron chi connectivity index (χ3n) is 4.70. The van der Waals surface area contributed by atoms with Crippen molar-refractivity contribution in [1.82, 2.24) is 29.7 Å². The fraction of sp³-hybridized carbons (Fsp3) is 0.412. The Balaban J connectivity index is 1.59. The normalized spacial score (nSPS) is 18.2. The molecule has 3 aromatic rings. The van der Waals surface area contributed by atoms with Gasteiger partial charge < -0.3 is 4.90 Å². The van der Waals surface area contributed by atoms with Crippen LogP contribution in [0.3, 0.4) is 0 Å². The molecule has 1 amide bonds. The minimum Gasteiger partial charge on any atom is -0.334 e. The SMILES string of the molecule is Cn1nnc2cc(C(=O)N3CCCCC3Cn3cccn3)ccc21. The van der Waals surface area contributed by atoms with E-state index in [2.05, 4.69) is 15.4 Å². The molecule has 3 heterocycles. The highest BCUT2D eigenvalue weighted by Crippen LogP contribution is 2.22. The lowest BCUT2D eigenvalue weighted by Gasteiger charge is -2.35. The summed E-state index contributed by atoms with van der Waals surface area (Å²) in [5.41, 5.74) is 2.36. The van der Waals surface area contributed by atoms with E-state index in [4.69, 9.17) is 0 Å². The first-order valence-electron chi connectivity index (χ1n) is 8.30. The van der Waals surface area contributed by atoms with E-state index in [0.29, 0.717) is 5.56 Å². The fourth-order valence-corrected chi connectivity index (χ4v) is 3.42. The van der Waals surface area contributed by atoms with Gasteiger partial charge in [-0.1, -0.05) is 5.21 Å². The number of hydrogen-bond donors (Lipinski definition) is 0. The molecule has 0 saturated carbocycles. The monoisotopic (exact) mass is 324 g/mol. The second-order valence-corrected chi connectivity index (χ2v) is 6.29. The number of amides is 1. The highest BCUT2D eigenvalue weighted by molar-refractivity contribution is 5.97. The van der Waals surface area contributed by atoms with Gasteiger partial charge in [0.2, 0.25) is 0 Å². The quantitative estimate of drug-likeness (QED) is 0.737. The predicted molar refractivity (Wildman–Crippen MR) is 89.4 cm³/mol. The zero-order valence-electron chi connectivity index (χ0n) is 13.7. The van der Waals surface area contributed by atoms with Crippen LogP contribution in [0.25, 0.3) is 11.0 Å². The number of aromatic nitrogens is 5. The van der Waals surface area contributed by atoms with Crippen molar-refractivity contribution in [1.29, 1.82) is 0 Å². The number of fused-ring (bicyclic) bond motifs is 1.